The maximum Gasteiger partial charge on any atom is 0.310 e. The second-order valence-corrected chi connectivity index (χ2v) is 6.39. The lowest BCUT2D eigenvalue weighted by Crippen LogP contribution is -2.12. The molecule has 0 saturated heterocycles. The van der Waals surface area contributed by atoms with Crippen molar-refractivity contribution in [1.29, 1.82) is 0 Å². The highest BCUT2D eigenvalue weighted by molar-refractivity contribution is 6.37. The summed E-state index contributed by atoms with van der Waals surface area (Å²) in [4.78, 5) is 12.0. The minimum absolute atomic E-state index is 0.284. The first-order chi connectivity index (χ1) is 10.2. The molecule has 0 bridgehead atoms. The van der Waals surface area contributed by atoms with Gasteiger partial charge in [-0.15, -0.1) is 0 Å². The highest BCUT2D eigenvalue weighted by atomic mass is 35.5. The predicted molar refractivity (Wildman–Crippen MR) is 76.7 cm³/mol. The molecule has 0 aliphatic heterocycles. The number of hydrogen-bond acceptors (Lipinski definition) is 2. The summed E-state index contributed by atoms with van der Waals surface area (Å²) < 4.78 is 44.6. The average molecular weight is 353 g/mol. The lowest BCUT2D eigenvalue weighted by molar-refractivity contribution is -0.147. The molecule has 0 amide bonds. The van der Waals surface area contributed by atoms with E-state index in [1.54, 1.807) is 0 Å². The molecule has 1 fully saturated rings. The van der Waals surface area contributed by atoms with E-state index in [1.807, 2.05) is 13.8 Å². The highest BCUT2D eigenvalue weighted by Crippen LogP contribution is 2.63. The van der Waals surface area contributed by atoms with Crippen LogP contribution in [0.3, 0.4) is 0 Å². The lowest BCUT2D eigenvalue weighted by Gasteiger charge is -2.07. The summed E-state index contributed by atoms with van der Waals surface area (Å²) in [5.41, 5.74) is 0.383. The maximum atomic E-state index is 13.5. The van der Waals surface area contributed by atoms with Crippen molar-refractivity contribution in [2.45, 2.75) is 20.5 Å². The molecule has 1 aromatic carbocycles. The van der Waals surface area contributed by atoms with Crippen LogP contribution < -0.4 is 0 Å². The fourth-order valence-corrected chi connectivity index (χ4v) is 3.16. The highest BCUT2D eigenvalue weighted by Gasteiger charge is 2.64. The zero-order chi connectivity index (χ0) is 16.7. The fraction of sp³-hybridized carbons (Fsp3) is 0.400. The monoisotopic (exact) mass is 352 g/mol. The lowest BCUT2D eigenvalue weighted by atomic mass is 10.1. The molecular formula is C15H13Cl2F3O2. The zero-order valence-electron chi connectivity index (χ0n) is 11.8. The molecule has 120 valence electrons. The third kappa shape index (κ3) is 3.10. The number of carbonyl (C=O) groups is 1. The SMILES string of the molecule is CC1(C)C(C(=O)OCc2cc(F)cc(F)c2F)C1/C(Cl)=C/Cl. The maximum absolute atomic E-state index is 13.5. The Morgan fingerprint density at radius 2 is 1.95 bits per heavy atom. The molecule has 1 aliphatic rings. The van der Waals surface area contributed by atoms with Crippen molar-refractivity contribution in [1.82, 2.24) is 0 Å². The Labute approximate surface area is 135 Å². The Bertz CT molecular complexity index is 644. The molecule has 0 N–H and O–H groups in total. The van der Waals surface area contributed by atoms with E-state index in [2.05, 4.69) is 0 Å². The minimum atomic E-state index is -1.33. The van der Waals surface area contributed by atoms with Crippen LogP contribution >= 0.6 is 23.2 Å². The number of ether oxygens (including phenoxy) is 1. The summed E-state index contributed by atoms with van der Waals surface area (Å²) in [5.74, 6) is -4.94. The van der Waals surface area contributed by atoms with Gasteiger partial charge in [0.2, 0.25) is 0 Å². The van der Waals surface area contributed by atoms with Crippen LogP contribution in [0.1, 0.15) is 19.4 Å². The Kier molecular flexibility index (Phi) is 4.78. The van der Waals surface area contributed by atoms with E-state index in [9.17, 15) is 18.0 Å². The number of benzene rings is 1. The van der Waals surface area contributed by atoms with E-state index in [4.69, 9.17) is 27.9 Å². The summed E-state index contributed by atoms with van der Waals surface area (Å²) in [5, 5.41) is 0.330. The Balaban J connectivity index is 2.06. The first-order valence-electron chi connectivity index (χ1n) is 6.46. The third-order valence-electron chi connectivity index (χ3n) is 3.92. The van der Waals surface area contributed by atoms with Crippen molar-refractivity contribution in [3.05, 3.63) is 45.7 Å². The van der Waals surface area contributed by atoms with Gasteiger partial charge < -0.3 is 4.74 Å². The summed E-state index contributed by atoms with van der Waals surface area (Å²) in [6, 6.07) is 1.21. The number of halogens is 5. The second-order valence-electron chi connectivity index (χ2n) is 5.74. The van der Waals surface area contributed by atoms with Crippen LogP contribution in [0.25, 0.3) is 0 Å². The topological polar surface area (TPSA) is 26.3 Å². The van der Waals surface area contributed by atoms with Crippen molar-refractivity contribution in [3.8, 4) is 0 Å². The van der Waals surface area contributed by atoms with Crippen molar-refractivity contribution in [2.75, 3.05) is 0 Å². The van der Waals surface area contributed by atoms with Gasteiger partial charge in [-0.05, 0) is 11.5 Å². The van der Waals surface area contributed by atoms with E-state index in [0.29, 0.717) is 11.1 Å². The number of allylic oxidation sites excluding steroid dienone is 1. The van der Waals surface area contributed by atoms with Crippen LogP contribution in [-0.4, -0.2) is 5.97 Å². The molecule has 0 aromatic heterocycles. The normalized spacial score (nSPS) is 23.3. The van der Waals surface area contributed by atoms with Gasteiger partial charge in [0.1, 0.15) is 12.4 Å². The van der Waals surface area contributed by atoms with Crippen LogP contribution in [0.4, 0.5) is 13.2 Å². The van der Waals surface area contributed by atoms with E-state index >= 15 is 0 Å². The van der Waals surface area contributed by atoms with Gasteiger partial charge in [0.15, 0.2) is 11.6 Å². The largest absolute Gasteiger partial charge is 0.460 e. The standard InChI is InChI=1S/C15H13Cl2F3O2/c1-15(2)11(9(17)5-16)12(15)14(21)22-6-7-3-8(18)4-10(19)13(7)20/h3-5,11-12H,6H2,1-2H3/b9-5-. The van der Waals surface area contributed by atoms with E-state index < -0.39 is 41.4 Å². The molecule has 2 atom stereocenters. The molecule has 0 spiro atoms. The molecule has 1 aromatic rings. The van der Waals surface area contributed by atoms with Gasteiger partial charge in [0.25, 0.3) is 0 Å². The van der Waals surface area contributed by atoms with Crippen LogP contribution in [0.2, 0.25) is 0 Å². The average Bonchev–Trinajstić information content (AvgIpc) is 3.02. The van der Waals surface area contributed by atoms with Gasteiger partial charge in [0, 0.05) is 28.1 Å². The zero-order valence-corrected chi connectivity index (χ0v) is 13.3. The van der Waals surface area contributed by atoms with Crippen LogP contribution in [0.5, 0.6) is 0 Å². The molecule has 2 unspecified atom stereocenters. The number of esters is 1. The first-order valence-corrected chi connectivity index (χ1v) is 7.27. The van der Waals surface area contributed by atoms with Gasteiger partial charge in [-0.1, -0.05) is 37.0 Å². The Morgan fingerprint density at radius 1 is 1.32 bits per heavy atom. The van der Waals surface area contributed by atoms with Crippen molar-refractivity contribution >= 4 is 29.2 Å². The molecule has 1 aliphatic carbocycles. The van der Waals surface area contributed by atoms with Gasteiger partial charge >= 0.3 is 5.97 Å². The molecule has 2 rings (SSSR count). The smallest absolute Gasteiger partial charge is 0.310 e. The number of hydrogen-bond donors (Lipinski definition) is 0. The number of carbonyl (C=O) groups excluding carboxylic acids is 1. The summed E-state index contributed by atoms with van der Waals surface area (Å²) in [6.07, 6.45) is 0. The minimum Gasteiger partial charge on any atom is -0.460 e. The Morgan fingerprint density at radius 3 is 2.55 bits per heavy atom. The van der Waals surface area contributed by atoms with Crippen LogP contribution in [0.15, 0.2) is 22.7 Å². The van der Waals surface area contributed by atoms with E-state index in [1.165, 1.54) is 5.54 Å². The van der Waals surface area contributed by atoms with Crippen LogP contribution in [0, 0.1) is 34.7 Å². The Hall–Kier alpha value is -1.20. The molecule has 1 saturated carbocycles. The summed E-state index contributed by atoms with van der Waals surface area (Å²) in [7, 11) is 0. The second kappa shape index (κ2) is 6.13. The van der Waals surface area contributed by atoms with Gasteiger partial charge in [-0.2, -0.15) is 0 Å². The molecule has 22 heavy (non-hydrogen) atoms. The number of rotatable bonds is 4. The first kappa shape index (κ1) is 17.2. The molecule has 7 heteroatoms. The van der Waals surface area contributed by atoms with Gasteiger partial charge in [-0.3, -0.25) is 4.79 Å². The van der Waals surface area contributed by atoms with Crippen molar-refractivity contribution in [2.24, 2.45) is 17.3 Å². The van der Waals surface area contributed by atoms with E-state index in [0.717, 1.165) is 6.07 Å². The van der Waals surface area contributed by atoms with Crippen molar-refractivity contribution < 1.29 is 22.7 Å². The van der Waals surface area contributed by atoms with Gasteiger partial charge in [-0.25, -0.2) is 13.2 Å². The molecular weight excluding hydrogens is 340 g/mol. The van der Waals surface area contributed by atoms with E-state index in [-0.39, 0.29) is 11.5 Å². The quantitative estimate of drug-likeness (QED) is 0.577. The third-order valence-corrected chi connectivity index (χ3v) is 4.61. The molecule has 2 nitrogen and oxygen atoms in total. The van der Waals surface area contributed by atoms with Crippen LogP contribution in [-0.2, 0) is 16.1 Å². The fourth-order valence-electron chi connectivity index (χ4n) is 2.61. The summed E-state index contributed by atoms with van der Waals surface area (Å²) in [6.45, 7) is 3.07. The van der Waals surface area contributed by atoms with Crippen molar-refractivity contribution in [3.63, 3.8) is 0 Å². The molecule has 0 radical (unpaired) electrons. The van der Waals surface area contributed by atoms with Gasteiger partial charge in [0.05, 0.1) is 5.92 Å². The summed E-state index contributed by atoms with van der Waals surface area (Å²) >= 11 is 11.5. The molecule has 0 heterocycles. The predicted octanol–water partition coefficient (Wildman–Crippen LogP) is 4.74.